The Morgan fingerprint density at radius 3 is 2.46 bits per heavy atom. The molecule has 0 aliphatic carbocycles. The summed E-state index contributed by atoms with van der Waals surface area (Å²) >= 11 is 0. The zero-order valence-electron chi connectivity index (χ0n) is 14.3. The normalized spacial score (nSPS) is 15.7. The molecule has 128 valence electrons. The smallest absolute Gasteiger partial charge is 0.297 e. The molecule has 1 fully saturated rings. The second kappa shape index (κ2) is 6.26. The zero-order chi connectivity index (χ0) is 17.3. The summed E-state index contributed by atoms with van der Waals surface area (Å²) in [5.41, 5.74) is 0.0288. The van der Waals surface area contributed by atoms with E-state index in [0.717, 1.165) is 0 Å². The number of hydrogen-bond donors (Lipinski definition) is 0. The molecule has 0 unspecified atom stereocenters. The third-order valence-corrected chi connectivity index (χ3v) is 4.11. The highest BCUT2D eigenvalue weighted by atomic mass is 19.1. The van der Waals surface area contributed by atoms with Gasteiger partial charge >= 0.3 is 0 Å². The second-order valence-electron chi connectivity index (χ2n) is 7.02. The van der Waals surface area contributed by atoms with Crippen LogP contribution in [0.2, 0.25) is 0 Å². The van der Waals surface area contributed by atoms with Gasteiger partial charge in [0, 0.05) is 31.6 Å². The van der Waals surface area contributed by atoms with Gasteiger partial charge in [0.1, 0.15) is 5.82 Å². The Bertz CT molecular complexity index is 728. The summed E-state index contributed by atoms with van der Waals surface area (Å²) in [6.45, 7) is 8.35. The van der Waals surface area contributed by atoms with Crippen LogP contribution in [0.1, 0.15) is 20.8 Å². The third-order valence-electron chi connectivity index (χ3n) is 4.11. The van der Waals surface area contributed by atoms with Crippen molar-refractivity contribution >= 4 is 11.9 Å². The van der Waals surface area contributed by atoms with Gasteiger partial charge < -0.3 is 14.2 Å². The Labute approximate surface area is 141 Å². The first-order valence-corrected chi connectivity index (χ1v) is 8.11. The van der Waals surface area contributed by atoms with Crippen molar-refractivity contribution in [2.45, 2.75) is 20.8 Å². The fourth-order valence-corrected chi connectivity index (χ4v) is 2.77. The Hall–Kier alpha value is -2.37. The number of carbonyl (C=O) groups excluding carboxylic acids is 1. The number of oxazole rings is 1. The largest absolute Gasteiger partial charge is 0.423 e. The van der Waals surface area contributed by atoms with Crippen LogP contribution in [0.15, 0.2) is 34.9 Å². The lowest BCUT2D eigenvalue weighted by Crippen LogP contribution is -2.51. The van der Waals surface area contributed by atoms with Gasteiger partial charge in [0.05, 0.1) is 11.8 Å². The van der Waals surface area contributed by atoms with E-state index in [1.54, 1.807) is 24.4 Å². The lowest BCUT2D eigenvalue weighted by Gasteiger charge is -2.37. The van der Waals surface area contributed by atoms with E-state index in [0.29, 0.717) is 43.5 Å². The molecular formula is C18H22FN3O2. The van der Waals surface area contributed by atoms with Crippen LogP contribution in [0.3, 0.4) is 0 Å². The Morgan fingerprint density at radius 2 is 1.83 bits per heavy atom. The number of benzene rings is 1. The van der Waals surface area contributed by atoms with Gasteiger partial charge in [-0.1, -0.05) is 32.9 Å². The van der Waals surface area contributed by atoms with Crippen molar-refractivity contribution in [3.63, 3.8) is 0 Å². The van der Waals surface area contributed by atoms with E-state index in [-0.39, 0.29) is 17.1 Å². The predicted octanol–water partition coefficient (Wildman–Crippen LogP) is 3.18. The Kier molecular flexibility index (Phi) is 4.30. The average molecular weight is 331 g/mol. The number of carbonyl (C=O) groups is 1. The highest BCUT2D eigenvalue weighted by Gasteiger charge is 2.30. The van der Waals surface area contributed by atoms with Gasteiger partial charge in [-0.15, -0.1) is 0 Å². The molecule has 0 saturated carbocycles. The van der Waals surface area contributed by atoms with Gasteiger partial charge in [0.25, 0.3) is 6.01 Å². The summed E-state index contributed by atoms with van der Waals surface area (Å²) in [6, 6.07) is 6.93. The summed E-state index contributed by atoms with van der Waals surface area (Å²) in [4.78, 5) is 20.4. The van der Waals surface area contributed by atoms with E-state index >= 15 is 0 Å². The third kappa shape index (κ3) is 3.27. The maximum Gasteiger partial charge on any atom is 0.297 e. The number of hydrogen-bond acceptors (Lipinski definition) is 4. The molecular weight excluding hydrogens is 309 g/mol. The summed E-state index contributed by atoms with van der Waals surface area (Å²) < 4.78 is 19.6. The molecule has 0 bridgehead atoms. The molecule has 6 heteroatoms. The second-order valence-corrected chi connectivity index (χ2v) is 7.02. The van der Waals surface area contributed by atoms with Gasteiger partial charge in [-0.05, 0) is 12.1 Å². The molecule has 1 amide bonds. The number of piperazine rings is 1. The van der Waals surface area contributed by atoms with E-state index in [4.69, 9.17) is 4.42 Å². The van der Waals surface area contributed by atoms with Crippen molar-refractivity contribution < 1.29 is 13.6 Å². The summed E-state index contributed by atoms with van der Waals surface area (Å²) in [5.74, 6) is 0.235. The van der Waals surface area contributed by atoms with Gasteiger partial charge in [-0.25, -0.2) is 9.37 Å². The molecule has 3 rings (SSSR count). The van der Waals surface area contributed by atoms with E-state index in [9.17, 15) is 9.18 Å². The minimum absolute atomic E-state index is 0.154. The Morgan fingerprint density at radius 1 is 1.17 bits per heavy atom. The molecule has 5 nitrogen and oxygen atoms in total. The SMILES string of the molecule is CC(C)(C)C(=O)N1CCN(c2ncc(-c3ccccc3F)o2)CC1. The van der Waals surface area contributed by atoms with E-state index in [2.05, 4.69) is 4.98 Å². The first-order chi connectivity index (χ1) is 11.4. The number of nitrogens with zero attached hydrogens (tertiary/aromatic N) is 3. The van der Waals surface area contributed by atoms with E-state index in [1.807, 2.05) is 30.6 Å². The molecule has 0 radical (unpaired) electrons. The molecule has 1 saturated heterocycles. The van der Waals surface area contributed by atoms with Crippen LogP contribution in [-0.2, 0) is 4.79 Å². The van der Waals surface area contributed by atoms with Crippen LogP contribution in [0, 0.1) is 11.2 Å². The zero-order valence-corrected chi connectivity index (χ0v) is 14.3. The number of anilines is 1. The predicted molar refractivity (Wildman–Crippen MR) is 90.1 cm³/mol. The molecule has 0 N–H and O–H groups in total. The van der Waals surface area contributed by atoms with Gasteiger partial charge in [0.15, 0.2) is 5.76 Å². The van der Waals surface area contributed by atoms with Crippen LogP contribution < -0.4 is 4.90 Å². The van der Waals surface area contributed by atoms with Crippen LogP contribution >= 0.6 is 0 Å². The minimum atomic E-state index is -0.372. The molecule has 1 aromatic carbocycles. The first kappa shape index (κ1) is 16.5. The Balaban J connectivity index is 1.68. The van der Waals surface area contributed by atoms with E-state index in [1.165, 1.54) is 6.07 Å². The summed E-state index contributed by atoms with van der Waals surface area (Å²) in [7, 11) is 0. The van der Waals surface area contributed by atoms with Crippen LogP contribution in [-0.4, -0.2) is 42.0 Å². The maximum atomic E-state index is 13.8. The quantitative estimate of drug-likeness (QED) is 0.848. The fraction of sp³-hybridized carbons (Fsp3) is 0.444. The summed E-state index contributed by atoms with van der Waals surface area (Å²) in [6.07, 6.45) is 1.54. The van der Waals surface area contributed by atoms with Crippen molar-refractivity contribution in [1.82, 2.24) is 9.88 Å². The molecule has 1 aromatic heterocycles. The van der Waals surface area contributed by atoms with Crippen molar-refractivity contribution in [1.29, 1.82) is 0 Å². The highest BCUT2D eigenvalue weighted by molar-refractivity contribution is 5.81. The topological polar surface area (TPSA) is 49.6 Å². The molecule has 2 aromatic rings. The minimum Gasteiger partial charge on any atom is -0.423 e. The van der Waals surface area contributed by atoms with Crippen LogP contribution in [0.5, 0.6) is 0 Å². The standard InChI is InChI=1S/C18H22FN3O2/c1-18(2,3)16(23)21-8-10-22(11-9-21)17-20-12-15(24-17)13-6-4-5-7-14(13)19/h4-7,12H,8-11H2,1-3H3. The van der Waals surface area contributed by atoms with E-state index < -0.39 is 0 Å². The molecule has 0 atom stereocenters. The molecule has 1 aliphatic heterocycles. The highest BCUT2D eigenvalue weighted by Crippen LogP contribution is 2.27. The molecule has 0 spiro atoms. The molecule has 24 heavy (non-hydrogen) atoms. The van der Waals surface area contributed by atoms with Crippen molar-refractivity contribution in [2.24, 2.45) is 5.41 Å². The summed E-state index contributed by atoms with van der Waals surface area (Å²) in [5, 5.41) is 0. The van der Waals surface area contributed by atoms with Gasteiger partial charge in [-0.3, -0.25) is 4.79 Å². The maximum absolute atomic E-state index is 13.8. The fourth-order valence-electron chi connectivity index (χ4n) is 2.77. The molecule has 1 aliphatic rings. The van der Waals surface area contributed by atoms with Crippen molar-refractivity contribution in [3.8, 4) is 11.3 Å². The van der Waals surface area contributed by atoms with Crippen LogP contribution in [0.4, 0.5) is 10.4 Å². The van der Waals surface area contributed by atoms with Crippen molar-refractivity contribution in [3.05, 3.63) is 36.3 Å². The first-order valence-electron chi connectivity index (χ1n) is 8.11. The van der Waals surface area contributed by atoms with Crippen LogP contribution in [0.25, 0.3) is 11.3 Å². The number of halogens is 1. The average Bonchev–Trinajstić information content (AvgIpc) is 3.03. The number of amides is 1. The molecule has 2 heterocycles. The monoisotopic (exact) mass is 331 g/mol. The number of aromatic nitrogens is 1. The van der Waals surface area contributed by atoms with Crippen molar-refractivity contribution in [2.75, 3.05) is 31.1 Å². The number of rotatable bonds is 2. The van der Waals surface area contributed by atoms with Gasteiger partial charge in [0.2, 0.25) is 5.91 Å². The lowest BCUT2D eigenvalue weighted by atomic mass is 9.94. The van der Waals surface area contributed by atoms with Gasteiger partial charge in [-0.2, -0.15) is 0 Å². The lowest BCUT2D eigenvalue weighted by molar-refractivity contribution is -0.139.